The van der Waals surface area contributed by atoms with Crippen LogP contribution in [0.25, 0.3) is 0 Å². The van der Waals surface area contributed by atoms with Crippen LogP contribution in [-0.2, 0) is 6.42 Å². The third kappa shape index (κ3) is 6.20. The number of amides is 1. The maximum Gasteiger partial charge on any atom is 0.251 e. The number of aryl methyl sites for hydroxylation is 1. The largest absolute Gasteiger partial charge is 0.394 e. The molecule has 1 rings (SSSR count). The van der Waals surface area contributed by atoms with E-state index in [0.29, 0.717) is 5.56 Å². The predicted octanol–water partition coefficient (Wildman–Crippen LogP) is 3.31. The number of hydrogen-bond acceptors (Lipinski definition) is 2. The van der Waals surface area contributed by atoms with Crippen LogP contribution in [-0.4, -0.2) is 23.7 Å². The second kappa shape index (κ2) is 9.54. The molecule has 112 valence electrons. The Morgan fingerprint density at radius 2 is 1.80 bits per heavy atom. The molecule has 1 amide bonds. The number of nitrogens with one attached hydrogen (secondary N) is 1. The minimum Gasteiger partial charge on any atom is -0.394 e. The third-order valence-corrected chi connectivity index (χ3v) is 3.44. The molecule has 0 saturated heterocycles. The van der Waals surface area contributed by atoms with E-state index in [1.807, 2.05) is 24.3 Å². The molecule has 0 aliphatic rings. The molecule has 0 heterocycles. The Morgan fingerprint density at radius 3 is 2.40 bits per heavy atom. The van der Waals surface area contributed by atoms with Crippen molar-refractivity contribution < 1.29 is 9.90 Å². The van der Waals surface area contributed by atoms with Crippen molar-refractivity contribution in [2.75, 3.05) is 6.61 Å². The summed E-state index contributed by atoms with van der Waals surface area (Å²) >= 11 is 0. The molecule has 1 aromatic carbocycles. The number of carbonyl (C=O) groups excluding carboxylic acids is 1. The van der Waals surface area contributed by atoms with Crippen LogP contribution in [0.2, 0.25) is 0 Å². The first-order valence-electron chi connectivity index (χ1n) is 7.68. The van der Waals surface area contributed by atoms with Crippen molar-refractivity contribution in [1.82, 2.24) is 5.32 Å². The van der Waals surface area contributed by atoms with Crippen molar-refractivity contribution in [2.24, 2.45) is 0 Å². The zero-order valence-electron chi connectivity index (χ0n) is 12.7. The van der Waals surface area contributed by atoms with Crippen molar-refractivity contribution >= 4 is 5.91 Å². The molecule has 2 N–H and O–H groups in total. The number of aliphatic hydroxyl groups is 1. The van der Waals surface area contributed by atoms with E-state index >= 15 is 0 Å². The minimum atomic E-state index is -0.208. The maximum atomic E-state index is 11.8. The first kappa shape index (κ1) is 16.7. The number of benzene rings is 1. The Bertz CT molecular complexity index is 386. The number of unbranched alkanes of at least 4 members (excludes halogenated alkanes) is 4. The number of rotatable bonds is 9. The third-order valence-electron chi connectivity index (χ3n) is 3.44. The number of carbonyl (C=O) groups is 1. The van der Waals surface area contributed by atoms with Crippen molar-refractivity contribution in [3.05, 3.63) is 35.4 Å². The monoisotopic (exact) mass is 277 g/mol. The van der Waals surface area contributed by atoms with Crippen molar-refractivity contribution in [2.45, 2.75) is 58.4 Å². The van der Waals surface area contributed by atoms with E-state index in [4.69, 9.17) is 5.11 Å². The van der Waals surface area contributed by atoms with E-state index in [0.717, 1.165) is 6.42 Å². The van der Waals surface area contributed by atoms with Crippen LogP contribution < -0.4 is 5.32 Å². The van der Waals surface area contributed by atoms with Gasteiger partial charge in [0.05, 0.1) is 6.61 Å². The van der Waals surface area contributed by atoms with Gasteiger partial charge < -0.3 is 10.4 Å². The molecule has 0 aliphatic heterocycles. The molecule has 0 saturated carbocycles. The highest BCUT2D eigenvalue weighted by molar-refractivity contribution is 5.94. The lowest BCUT2D eigenvalue weighted by Gasteiger charge is -2.11. The van der Waals surface area contributed by atoms with Gasteiger partial charge in [0.2, 0.25) is 0 Å². The van der Waals surface area contributed by atoms with Crippen LogP contribution in [0, 0.1) is 0 Å². The minimum absolute atomic E-state index is 0.0401. The van der Waals surface area contributed by atoms with Gasteiger partial charge in [-0.3, -0.25) is 4.79 Å². The summed E-state index contributed by atoms with van der Waals surface area (Å²) < 4.78 is 0. The van der Waals surface area contributed by atoms with Gasteiger partial charge >= 0.3 is 0 Å². The molecule has 0 fully saturated rings. The fourth-order valence-corrected chi connectivity index (χ4v) is 2.11. The van der Waals surface area contributed by atoms with Crippen LogP contribution in [0.1, 0.15) is 61.9 Å². The van der Waals surface area contributed by atoms with Gasteiger partial charge in [-0.2, -0.15) is 0 Å². The highest BCUT2D eigenvalue weighted by Gasteiger charge is 2.08. The molecule has 0 aromatic heterocycles. The molecule has 3 nitrogen and oxygen atoms in total. The number of aliphatic hydroxyl groups excluding tert-OH is 1. The summed E-state index contributed by atoms with van der Waals surface area (Å²) in [6, 6.07) is 7.57. The molecule has 1 aromatic rings. The van der Waals surface area contributed by atoms with E-state index in [1.165, 1.54) is 37.7 Å². The SMILES string of the molecule is CCCCCCCc1ccc(C(=O)N[C@@H](C)CO)cc1. The van der Waals surface area contributed by atoms with E-state index in [1.54, 1.807) is 6.92 Å². The Balaban J connectivity index is 2.38. The van der Waals surface area contributed by atoms with Gasteiger partial charge in [-0.1, -0.05) is 44.7 Å². The molecule has 0 unspecified atom stereocenters. The Kier molecular flexibility index (Phi) is 7.97. The summed E-state index contributed by atoms with van der Waals surface area (Å²) in [7, 11) is 0. The lowest BCUT2D eigenvalue weighted by atomic mass is 10.0. The molecular formula is C17H27NO2. The maximum absolute atomic E-state index is 11.8. The zero-order chi connectivity index (χ0) is 14.8. The highest BCUT2D eigenvalue weighted by atomic mass is 16.3. The van der Waals surface area contributed by atoms with Gasteiger partial charge in [0.15, 0.2) is 0 Å². The summed E-state index contributed by atoms with van der Waals surface area (Å²) in [4.78, 5) is 11.8. The fraction of sp³-hybridized carbons (Fsp3) is 0.588. The molecule has 0 bridgehead atoms. The molecule has 0 spiro atoms. The smallest absolute Gasteiger partial charge is 0.251 e. The fourth-order valence-electron chi connectivity index (χ4n) is 2.11. The summed E-state index contributed by atoms with van der Waals surface area (Å²) in [5.74, 6) is -0.124. The normalized spacial score (nSPS) is 12.2. The van der Waals surface area contributed by atoms with Gasteiger partial charge in [-0.25, -0.2) is 0 Å². The van der Waals surface area contributed by atoms with Gasteiger partial charge in [-0.15, -0.1) is 0 Å². The molecule has 1 atom stereocenters. The topological polar surface area (TPSA) is 49.3 Å². The first-order valence-corrected chi connectivity index (χ1v) is 7.68. The summed E-state index contributed by atoms with van der Waals surface area (Å²) in [6.45, 7) is 3.96. The molecule has 0 aliphatic carbocycles. The standard InChI is InChI=1S/C17H27NO2/c1-3-4-5-6-7-8-15-9-11-16(12-10-15)17(20)18-14(2)13-19/h9-12,14,19H,3-8,13H2,1-2H3,(H,18,20)/t14-/m0/s1. The summed E-state index contributed by atoms with van der Waals surface area (Å²) in [6.07, 6.45) is 7.49. The van der Waals surface area contributed by atoms with Gasteiger partial charge in [0.1, 0.15) is 0 Å². The summed E-state index contributed by atoms with van der Waals surface area (Å²) in [5.41, 5.74) is 1.94. The average Bonchev–Trinajstić information content (AvgIpc) is 2.47. The Hall–Kier alpha value is -1.35. The highest BCUT2D eigenvalue weighted by Crippen LogP contribution is 2.10. The van der Waals surface area contributed by atoms with Crippen LogP contribution in [0.3, 0.4) is 0 Å². The molecule has 0 radical (unpaired) electrons. The van der Waals surface area contributed by atoms with Crippen molar-refractivity contribution in [1.29, 1.82) is 0 Å². The quantitative estimate of drug-likeness (QED) is 0.680. The molecular weight excluding hydrogens is 250 g/mol. The average molecular weight is 277 g/mol. The van der Waals surface area contributed by atoms with Gasteiger partial charge in [0.25, 0.3) is 5.91 Å². The van der Waals surface area contributed by atoms with Crippen LogP contribution in [0.4, 0.5) is 0 Å². The van der Waals surface area contributed by atoms with E-state index in [9.17, 15) is 4.79 Å². The second-order valence-electron chi connectivity index (χ2n) is 5.42. The Morgan fingerprint density at radius 1 is 1.15 bits per heavy atom. The van der Waals surface area contributed by atoms with Crippen molar-refractivity contribution in [3.63, 3.8) is 0 Å². The summed E-state index contributed by atoms with van der Waals surface area (Å²) in [5, 5.41) is 11.7. The van der Waals surface area contributed by atoms with E-state index in [-0.39, 0.29) is 18.6 Å². The predicted molar refractivity (Wildman–Crippen MR) is 82.9 cm³/mol. The second-order valence-corrected chi connectivity index (χ2v) is 5.42. The Labute approximate surface area is 122 Å². The van der Waals surface area contributed by atoms with Crippen LogP contribution in [0.5, 0.6) is 0 Å². The van der Waals surface area contributed by atoms with Crippen molar-refractivity contribution in [3.8, 4) is 0 Å². The zero-order valence-corrected chi connectivity index (χ0v) is 12.7. The number of hydrogen-bond donors (Lipinski definition) is 2. The molecule has 20 heavy (non-hydrogen) atoms. The lowest BCUT2D eigenvalue weighted by molar-refractivity contribution is 0.0922. The molecule has 3 heteroatoms. The van der Waals surface area contributed by atoms with E-state index in [2.05, 4.69) is 12.2 Å². The van der Waals surface area contributed by atoms with Crippen LogP contribution >= 0.6 is 0 Å². The van der Waals surface area contributed by atoms with Crippen LogP contribution in [0.15, 0.2) is 24.3 Å². The van der Waals surface area contributed by atoms with E-state index < -0.39 is 0 Å². The van der Waals surface area contributed by atoms with Gasteiger partial charge in [0, 0.05) is 11.6 Å². The first-order chi connectivity index (χ1) is 9.67. The lowest BCUT2D eigenvalue weighted by Crippen LogP contribution is -2.34. The van der Waals surface area contributed by atoms with Gasteiger partial charge in [-0.05, 0) is 37.5 Å².